The molecule has 1 unspecified atom stereocenters. The van der Waals surface area contributed by atoms with E-state index in [1.807, 2.05) is 24.4 Å². The summed E-state index contributed by atoms with van der Waals surface area (Å²) in [7, 11) is 3.89. The van der Waals surface area contributed by atoms with Crippen LogP contribution in [0.15, 0.2) is 36.5 Å². The van der Waals surface area contributed by atoms with Crippen LogP contribution >= 0.6 is 0 Å². The molecule has 4 rings (SSSR count). The smallest absolute Gasteiger partial charge is 0.133 e. The molecule has 0 N–H and O–H groups in total. The van der Waals surface area contributed by atoms with Gasteiger partial charge >= 0.3 is 0 Å². The molecule has 2 aromatic rings. The number of aromatic nitrogens is 2. The van der Waals surface area contributed by atoms with Gasteiger partial charge < -0.3 is 9.64 Å². The van der Waals surface area contributed by atoms with Gasteiger partial charge in [0.05, 0.1) is 7.11 Å². The standard InChI is InChI=1S/C21H28N4O/c1-24(20-11-12-22-21(23-20)17-7-8-17)18-4-3-13-25(15-18)14-16-5-9-19(26-2)10-6-16/h5-6,9-12,17-18H,3-4,7-8,13-15H2,1-2H3. The van der Waals surface area contributed by atoms with Gasteiger partial charge in [-0.05, 0) is 56.0 Å². The first kappa shape index (κ1) is 17.3. The fourth-order valence-electron chi connectivity index (χ4n) is 3.77. The molecule has 0 spiro atoms. The van der Waals surface area contributed by atoms with Gasteiger partial charge in [-0.3, -0.25) is 4.90 Å². The lowest BCUT2D eigenvalue weighted by Crippen LogP contribution is -2.46. The first-order valence-corrected chi connectivity index (χ1v) is 9.64. The summed E-state index contributed by atoms with van der Waals surface area (Å²) in [5, 5.41) is 0. The zero-order chi connectivity index (χ0) is 17.9. The van der Waals surface area contributed by atoms with Crippen molar-refractivity contribution in [2.45, 2.75) is 44.2 Å². The van der Waals surface area contributed by atoms with E-state index in [1.165, 1.54) is 31.2 Å². The minimum Gasteiger partial charge on any atom is -0.497 e. The van der Waals surface area contributed by atoms with Crippen molar-refractivity contribution in [2.75, 3.05) is 32.1 Å². The lowest BCUT2D eigenvalue weighted by molar-refractivity contribution is 0.198. The quantitative estimate of drug-likeness (QED) is 0.796. The van der Waals surface area contributed by atoms with E-state index >= 15 is 0 Å². The Morgan fingerprint density at radius 3 is 2.69 bits per heavy atom. The molecule has 1 saturated carbocycles. The van der Waals surface area contributed by atoms with Gasteiger partial charge in [0.15, 0.2) is 0 Å². The Kier molecular flexibility index (Phi) is 5.07. The average Bonchev–Trinajstić information content (AvgIpc) is 3.54. The highest BCUT2D eigenvalue weighted by molar-refractivity contribution is 5.39. The third kappa shape index (κ3) is 3.98. The molecule has 5 heteroatoms. The number of rotatable bonds is 6. The minimum atomic E-state index is 0.504. The van der Waals surface area contributed by atoms with Crippen molar-refractivity contribution >= 4 is 5.82 Å². The summed E-state index contributed by atoms with van der Waals surface area (Å²) in [6.07, 6.45) is 6.85. The van der Waals surface area contributed by atoms with Crippen molar-refractivity contribution in [2.24, 2.45) is 0 Å². The normalized spacial score (nSPS) is 20.8. The van der Waals surface area contributed by atoms with E-state index in [4.69, 9.17) is 9.72 Å². The Hall–Kier alpha value is -2.14. The molecule has 1 aliphatic heterocycles. The second-order valence-corrected chi connectivity index (χ2v) is 7.54. The van der Waals surface area contributed by atoms with Crippen LogP contribution in [0.5, 0.6) is 5.75 Å². The van der Waals surface area contributed by atoms with E-state index in [9.17, 15) is 0 Å². The summed E-state index contributed by atoms with van der Waals surface area (Å²) < 4.78 is 5.26. The van der Waals surface area contributed by atoms with Crippen molar-refractivity contribution in [1.29, 1.82) is 0 Å². The lowest BCUT2D eigenvalue weighted by Gasteiger charge is -2.38. The number of piperidine rings is 1. The molecule has 1 aliphatic carbocycles. The third-order valence-corrected chi connectivity index (χ3v) is 5.56. The van der Waals surface area contributed by atoms with Crippen LogP contribution in [-0.4, -0.2) is 48.2 Å². The van der Waals surface area contributed by atoms with E-state index in [2.05, 4.69) is 34.0 Å². The van der Waals surface area contributed by atoms with Crippen LogP contribution in [0.2, 0.25) is 0 Å². The van der Waals surface area contributed by atoms with Crippen LogP contribution < -0.4 is 9.64 Å². The summed E-state index contributed by atoms with van der Waals surface area (Å²) in [5.41, 5.74) is 1.34. The van der Waals surface area contributed by atoms with Gasteiger partial charge in [0.2, 0.25) is 0 Å². The lowest BCUT2D eigenvalue weighted by atomic mass is 10.0. The number of likely N-dealkylation sites (N-methyl/N-ethyl adjacent to an activating group) is 1. The first-order chi connectivity index (χ1) is 12.7. The Morgan fingerprint density at radius 2 is 1.96 bits per heavy atom. The molecule has 2 heterocycles. The van der Waals surface area contributed by atoms with Crippen molar-refractivity contribution in [3.8, 4) is 5.75 Å². The van der Waals surface area contributed by atoms with Gasteiger partial charge in [-0.15, -0.1) is 0 Å². The predicted octanol–water partition coefficient (Wildman–Crippen LogP) is 3.46. The van der Waals surface area contributed by atoms with E-state index in [0.29, 0.717) is 12.0 Å². The number of hydrogen-bond acceptors (Lipinski definition) is 5. The summed E-state index contributed by atoms with van der Waals surface area (Å²) >= 11 is 0. The Labute approximate surface area is 156 Å². The highest BCUT2D eigenvalue weighted by atomic mass is 16.5. The van der Waals surface area contributed by atoms with Gasteiger partial charge in [-0.2, -0.15) is 0 Å². The van der Waals surface area contributed by atoms with Crippen LogP contribution in [0.3, 0.4) is 0 Å². The van der Waals surface area contributed by atoms with Crippen molar-refractivity contribution < 1.29 is 4.74 Å². The van der Waals surface area contributed by atoms with E-state index in [1.54, 1.807) is 7.11 Å². The number of methoxy groups -OCH3 is 1. The molecule has 0 radical (unpaired) electrons. The molecular formula is C21H28N4O. The minimum absolute atomic E-state index is 0.504. The number of ether oxygens (including phenoxy) is 1. The first-order valence-electron chi connectivity index (χ1n) is 9.64. The molecule has 0 bridgehead atoms. The second-order valence-electron chi connectivity index (χ2n) is 7.54. The largest absolute Gasteiger partial charge is 0.497 e. The summed E-state index contributed by atoms with van der Waals surface area (Å²) in [6.45, 7) is 3.23. The molecule has 2 aliphatic rings. The highest BCUT2D eigenvalue weighted by Gasteiger charge is 2.28. The van der Waals surface area contributed by atoms with Crippen LogP contribution in [0.1, 0.15) is 43.0 Å². The molecule has 1 aromatic heterocycles. The summed E-state index contributed by atoms with van der Waals surface area (Å²) in [5.74, 6) is 3.61. The van der Waals surface area contributed by atoms with E-state index < -0.39 is 0 Å². The maximum Gasteiger partial charge on any atom is 0.133 e. The Bertz CT molecular complexity index is 729. The maximum absolute atomic E-state index is 5.26. The molecular weight excluding hydrogens is 324 g/mol. The van der Waals surface area contributed by atoms with Gasteiger partial charge in [0, 0.05) is 38.3 Å². The zero-order valence-electron chi connectivity index (χ0n) is 15.8. The van der Waals surface area contributed by atoms with E-state index in [-0.39, 0.29) is 0 Å². The molecule has 1 aromatic carbocycles. The van der Waals surface area contributed by atoms with Gasteiger partial charge in [-0.1, -0.05) is 12.1 Å². The number of hydrogen-bond donors (Lipinski definition) is 0. The number of likely N-dealkylation sites (tertiary alicyclic amines) is 1. The topological polar surface area (TPSA) is 41.5 Å². The maximum atomic E-state index is 5.26. The molecule has 26 heavy (non-hydrogen) atoms. The Balaban J connectivity index is 1.39. The average molecular weight is 352 g/mol. The monoisotopic (exact) mass is 352 g/mol. The number of nitrogens with zero attached hydrogens (tertiary/aromatic N) is 4. The van der Waals surface area contributed by atoms with Crippen LogP contribution in [0, 0.1) is 0 Å². The highest BCUT2D eigenvalue weighted by Crippen LogP contribution is 2.38. The van der Waals surface area contributed by atoms with Crippen LogP contribution in [0.25, 0.3) is 0 Å². The molecule has 5 nitrogen and oxygen atoms in total. The number of anilines is 1. The molecule has 2 fully saturated rings. The SMILES string of the molecule is COc1ccc(CN2CCCC(N(C)c3ccnc(C4CC4)n3)C2)cc1. The second kappa shape index (κ2) is 7.62. The molecule has 138 valence electrons. The van der Waals surface area contributed by atoms with Gasteiger partial charge in [0.25, 0.3) is 0 Å². The van der Waals surface area contributed by atoms with Gasteiger partial charge in [-0.25, -0.2) is 9.97 Å². The zero-order valence-corrected chi connectivity index (χ0v) is 15.8. The van der Waals surface area contributed by atoms with E-state index in [0.717, 1.165) is 37.0 Å². The van der Waals surface area contributed by atoms with Crippen LogP contribution in [-0.2, 0) is 6.54 Å². The molecule has 1 saturated heterocycles. The third-order valence-electron chi connectivity index (χ3n) is 5.56. The summed E-state index contributed by atoms with van der Waals surface area (Å²) in [4.78, 5) is 14.2. The van der Waals surface area contributed by atoms with Crippen LogP contribution in [0.4, 0.5) is 5.82 Å². The molecule has 1 atom stereocenters. The van der Waals surface area contributed by atoms with Crippen molar-refractivity contribution in [1.82, 2.24) is 14.9 Å². The van der Waals surface area contributed by atoms with Gasteiger partial charge in [0.1, 0.15) is 17.4 Å². The number of benzene rings is 1. The fourth-order valence-corrected chi connectivity index (χ4v) is 3.77. The van der Waals surface area contributed by atoms with Crippen molar-refractivity contribution in [3.63, 3.8) is 0 Å². The van der Waals surface area contributed by atoms with Crippen molar-refractivity contribution in [3.05, 3.63) is 47.9 Å². The summed E-state index contributed by atoms with van der Waals surface area (Å²) in [6, 6.07) is 11.0. The molecule has 0 amide bonds. The Morgan fingerprint density at radius 1 is 1.15 bits per heavy atom. The predicted molar refractivity (Wildman–Crippen MR) is 104 cm³/mol. The fraction of sp³-hybridized carbons (Fsp3) is 0.524.